The summed E-state index contributed by atoms with van der Waals surface area (Å²) >= 11 is 0. The smallest absolute Gasteiger partial charge is 0.368 e. The number of carbonyl (C=O) groups excluding carboxylic acids is 2. The first-order chi connectivity index (χ1) is 8.74. The van der Waals surface area contributed by atoms with Gasteiger partial charge in [0.05, 0.1) is 0 Å². The number of nitrogens with two attached hydrogens (primary N) is 1. The Kier molecular flexibility index (Phi) is 5.20. The van der Waals surface area contributed by atoms with Gasteiger partial charge in [-0.2, -0.15) is 13.2 Å². The summed E-state index contributed by atoms with van der Waals surface area (Å²) in [5.74, 6) is -1.02. The van der Waals surface area contributed by atoms with Crippen LogP contribution in [0.15, 0.2) is 0 Å². The molecule has 0 aromatic heterocycles. The highest BCUT2D eigenvalue weighted by Crippen LogP contribution is 2.29. The lowest BCUT2D eigenvalue weighted by Crippen LogP contribution is -2.51. The Morgan fingerprint density at radius 1 is 1.53 bits per heavy atom. The molecule has 19 heavy (non-hydrogen) atoms. The molecule has 1 fully saturated rings. The molecule has 0 bridgehead atoms. The van der Waals surface area contributed by atoms with Gasteiger partial charge in [-0.05, 0) is 25.2 Å². The van der Waals surface area contributed by atoms with E-state index in [4.69, 9.17) is 5.73 Å². The number of amides is 2. The molecule has 7 heteroatoms. The maximum atomic E-state index is 12.2. The van der Waals surface area contributed by atoms with Crippen LogP contribution in [0, 0.1) is 5.92 Å². The molecule has 2 unspecified atom stereocenters. The Balaban J connectivity index is 2.62. The molecule has 0 aromatic carbocycles. The molecule has 2 atom stereocenters. The zero-order valence-electron chi connectivity index (χ0n) is 10.9. The van der Waals surface area contributed by atoms with Gasteiger partial charge in [-0.25, -0.2) is 0 Å². The molecular weight excluding hydrogens is 261 g/mol. The highest BCUT2D eigenvalue weighted by molar-refractivity contribution is 5.86. The zero-order chi connectivity index (χ0) is 14.6. The Bertz CT molecular complexity index is 344. The third-order valence-electron chi connectivity index (χ3n) is 3.47. The third-order valence-corrected chi connectivity index (χ3v) is 3.47. The maximum Gasteiger partial charge on any atom is 0.389 e. The van der Waals surface area contributed by atoms with Crippen LogP contribution in [-0.2, 0) is 9.59 Å². The largest absolute Gasteiger partial charge is 0.389 e. The van der Waals surface area contributed by atoms with Crippen LogP contribution in [0.1, 0.15) is 39.0 Å². The number of hydrogen-bond acceptors (Lipinski definition) is 2. The third kappa shape index (κ3) is 4.72. The summed E-state index contributed by atoms with van der Waals surface area (Å²) < 4.78 is 36.5. The molecule has 0 spiro atoms. The van der Waals surface area contributed by atoms with E-state index in [1.165, 1.54) is 4.90 Å². The SMILES string of the molecule is CCC(C(N)=O)N1CC(CCC(F)(F)F)CCC1=O. The molecular formula is C12H19F3N2O2. The van der Waals surface area contributed by atoms with E-state index in [9.17, 15) is 22.8 Å². The molecule has 0 saturated carbocycles. The number of primary amides is 1. The van der Waals surface area contributed by atoms with E-state index in [0.717, 1.165) is 0 Å². The van der Waals surface area contributed by atoms with Crippen LogP contribution in [0.25, 0.3) is 0 Å². The number of rotatable bonds is 5. The van der Waals surface area contributed by atoms with E-state index >= 15 is 0 Å². The molecule has 0 radical (unpaired) electrons. The summed E-state index contributed by atoms with van der Waals surface area (Å²) in [6.45, 7) is 1.92. The van der Waals surface area contributed by atoms with Gasteiger partial charge in [0, 0.05) is 19.4 Å². The summed E-state index contributed by atoms with van der Waals surface area (Å²) in [7, 11) is 0. The van der Waals surface area contributed by atoms with Crippen LogP contribution in [0.5, 0.6) is 0 Å². The fraction of sp³-hybridized carbons (Fsp3) is 0.833. The zero-order valence-corrected chi connectivity index (χ0v) is 10.9. The van der Waals surface area contributed by atoms with Gasteiger partial charge in [-0.3, -0.25) is 9.59 Å². The lowest BCUT2D eigenvalue weighted by molar-refractivity contribution is -0.146. The van der Waals surface area contributed by atoms with Gasteiger partial charge in [0.1, 0.15) is 6.04 Å². The number of likely N-dealkylation sites (tertiary alicyclic amines) is 1. The number of nitrogens with zero attached hydrogens (tertiary/aromatic N) is 1. The molecule has 2 N–H and O–H groups in total. The van der Waals surface area contributed by atoms with Gasteiger partial charge in [-0.1, -0.05) is 6.92 Å². The first-order valence-electron chi connectivity index (χ1n) is 6.40. The highest BCUT2D eigenvalue weighted by atomic mass is 19.4. The van der Waals surface area contributed by atoms with Crippen LogP contribution in [0.4, 0.5) is 13.2 Å². The Labute approximate surface area is 110 Å². The van der Waals surface area contributed by atoms with Crippen LogP contribution in [-0.4, -0.2) is 35.5 Å². The molecule has 110 valence electrons. The minimum atomic E-state index is -4.18. The first kappa shape index (κ1) is 15.8. The molecule has 0 aliphatic carbocycles. The minimum Gasteiger partial charge on any atom is -0.368 e. The van der Waals surface area contributed by atoms with Crippen molar-refractivity contribution in [2.24, 2.45) is 11.7 Å². The highest BCUT2D eigenvalue weighted by Gasteiger charge is 2.35. The summed E-state index contributed by atoms with van der Waals surface area (Å²) in [5, 5.41) is 0. The van der Waals surface area contributed by atoms with Gasteiger partial charge in [0.15, 0.2) is 0 Å². The average Bonchev–Trinajstić information content (AvgIpc) is 2.29. The Morgan fingerprint density at radius 2 is 2.16 bits per heavy atom. The summed E-state index contributed by atoms with van der Waals surface area (Å²) in [5.41, 5.74) is 5.22. The van der Waals surface area contributed by atoms with E-state index < -0.39 is 24.5 Å². The molecule has 0 aromatic rings. The van der Waals surface area contributed by atoms with Gasteiger partial charge < -0.3 is 10.6 Å². The standard InChI is InChI=1S/C12H19F3N2O2/c1-2-9(11(16)19)17-7-8(3-4-10(17)18)5-6-12(13,14)15/h8-9H,2-7H2,1H3,(H2,16,19). The first-order valence-corrected chi connectivity index (χ1v) is 6.40. The van der Waals surface area contributed by atoms with Crippen LogP contribution >= 0.6 is 0 Å². The topological polar surface area (TPSA) is 63.4 Å². The summed E-state index contributed by atoms with van der Waals surface area (Å²) in [4.78, 5) is 24.3. The number of hydrogen-bond donors (Lipinski definition) is 1. The van der Waals surface area contributed by atoms with E-state index in [1.807, 2.05) is 0 Å². The van der Waals surface area contributed by atoms with Crippen molar-refractivity contribution in [3.8, 4) is 0 Å². The van der Waals surface area contributed by atoms with Crippen molar-refractivity contribution in [1.82, 2.24) is 4.90 Å². The number of carbonyl (C=O) groups is 2. The van der Waals surface area contributed by atoms with Crippen molar-refractivity contribution in [2.45, 2.75) is 51.2 Å². The van der Waals surface area contributed by atoms with Crippen LogP contribution in [0.3, 0.4) is 0 Å². The second-order valence-corrected chi connectivity index (χ2v) is 4.93. The molecule has 1 aliphatic heterocycles. The normalized spacial score (nSPS) is 22.4. The van der Waals surface area contributed by atoms with Crippen molar-refractivity contribution >= 4 is 11.8 Å². The molecule has 4 nitrogen and oxygen atoms in total. The number of piperidine rings is 1. The van der Waals surface area contributed by atoms with Crippen LogP contribution in [0.2, 0.25) is 0 Å². The van der Waals surface area contributed by atoms with E-state index in [-0.39, 0.29) is 31.2 Å². The van der Waals surface area contributed by atoms with Crippen molar-refractivity contribution in [2.75, 3.05) is 6.54 Å². The fourth-order valence-electron chi connectivity index (χ4n) is 2.42. The van der Waals surface area contributed by atoms with E-state index in [1.54, 1.807) is 6.92 Å². The Hall–Kier alpha value is -1.27. The van der Waals surface area contributed by atoms with E-state index in [0.29, 0.717) is 12.8 Å². The number of halogens is 3. The maximum absolute atomic E-state index is 12.2. The van der Waals surface area contributed by atoms with E-state index in [2.05, 4.69) is 0 Å². The van der Waals surface area contributed by atoms with Crippen molar-refractivity contribution in [3.63, 3.8) is 0 Å². The predicted molar refractivity (Wildman–Crippen MR) is 63.0 cm³/mol. The van der Waals surface area contributed by atoms with Gasteiger partial charge >= 0.3 is 6.18 Å². The van der Waals surface area contributed by atoms with Gasteiger partial charge in [-0.15, -0.1) is 0 Å². The molecule has 2 amide bonds. The molecule has 1 aliphatic rings. The summed E-state index contributed by atoms with van der Waals surface area (Å²) in [6, 6.07) is -0.707. The lowest BCUT2D eigenvalue weighted by Gasteiger charge is -2.36. The molecule has 1 rings (SSSR count). The quantitative estimate of drug-likeness (QED) is 0.835. The van der Waals surface area contributed by atoms with Crippen molar-refractivity contribution in [1.29, 1.82) is 0 Å². The second-order valence-electron chi connectivity index (χ2n) is 4.93. The Morgan fingerprint density at radius 3 is 2.63 bits per heavy atom. The van der Waals surface area contributed by atoms with Gasteiger partial charge in [0.2, 0.25) is 11.8 Å². The predicted octanol–water partition coefficient (Wildman–Crippen LogP) is 1.83. The molecule has 1 saturated heterocycles. The number of alkyl halides is 3. The second kappa shape index (κ2) is 6.25. The lowest BCUT2D eigenvalue weighted by atomic mass is 9.91. The summed E-state index contributed by atoms with van der Waals surface area (Å²) in [6.07, 6.45) is -4.03. The van der Waals surface area contributed by atoms with Crippen molar-refractivity contribution in [3.05, 3.63) is 0 Å². The fourth-order valence-corrected chi connectivity index (χ4v) is 2.42. The average molecular weight is 280 g/mol. The van der Waals surface area contributed by atoms with Crippen molar-refractivity contribution < 1.29 is 22.8 Å². The monoisotopic (exact) mass is 280 g/mol. The van der Waals surface area contributed by atoms with Gasteiger partial charge in [0.25, 0.3) is 0 Å². The molecule has 1 heterocycles. The minimum absolute atomic E-state index is 0.0114. The van der Waals surface area contributed by atoms with Crippen LogP contribution < -0.4 is 5.73 Å².